The zero-order valence-electron chi connectivity index (χ0n) is 36.1. The third kappa shape index (κ3) is 13.2. The summed E-state index contributed by atoms with van der Waals surface area (Å²) in [6.07, 6.45) is -49.9. The second-order valence-electron chi connectivity index (χ2n) is 15.8. The van der Waals surface area contributed by atoms with Gasteiger partial charge in [-0.2, -0.15) is 132 Å². The molecule has 0 saturated heterocycles. The van der Waals surface area contributed by atoms with Crippen molar-refractivity contribution in [2.75, 3.05) is 7.11 Å². The summed E-state index contributed by atoms with van der Waals surface area (Å²) < 4.78 is 348. The monoisotopic (exact) mass is 1090 g/mol. The lowest BCUT2D eigenvalue weighted by molar-refractivity contribution is -0.688. The molecule has 0 amide bonds. The Kier molecular flexibility index (Phi) is 15.7. The Balaban J connectivity index is 0.000000500. The van der Waals surface area contributed by atoms with E-state index in [1.807, 2.05) is 18.2 Å². The molecule has 0 atom stereocenters. The van der Waals surface area contributed by atoms with Gasteiger partial charge in [0.05, 0.1) is 57.8 Å². The van der Waals surface area contributed by atoms with Crippen LogP contribution < -0.4 is 31.2 Å². The summed E-state index contributed by atoms with van der Waals surface area (Å²) in [5.74, 6) is 0.608. The van der Waals surface area contributed by atoms with Crippen LogP contribution in [-0.2, 0) is 56.0 Å². The molecule has 0 fully saturated rings. The number of ether oxygens (including phenoxy) is 1. The predicted molar refractivity (Wildman–Crippen MR) is 212 cm³/mol. The molecule has 0 bridgehead atoms. The maximum Gasteiger partial charge on any atom is 0.416 e. The van der Waals surface area contributed by atoms with E-state index in [2.05, 4.69) is 4.98 Å². The Morgan fingerprint density at radius 3 is 0.919 bits per heavy atom. The number of halogens is 24. The number of hydrogen-bond donors (Lipinski definition) is 0. The number of Topliss-reactive ketones (excluding diaryl/α,β-unsaturated/α-hetero) is 1. The molecule has 0 N–H and O–H groups in total. The van der Waals surface area contributed by atoms with E-state index >= 15 is 0 Å². The van der Waals surface area contributed by atoms with Crippen LogP contribution in [0.15, 0.2) is 122 Å². The molecular formula is C45H25BF24N2O2. The second kappa shape index (κ2) is 20.0. The first kappa shape index (κ1) is 57.9. The van der Waals surface area contributed by atoms with Crippen LogP contribution in [0.4, 0.5) is 105 Å². The Labute approximate surface area is 398 Å². The third-order valence-electron chi connectivity index (χ3n) is 10.9. The largest absolute Gasteiger partial charge is 0.447 e. The van der Waals surface area contributed by atoms with Crippen molar-refractivity contribution in [2.24, 2.45) is 0 Å². The van der Waals surface area contributed by atoms with Crippen molar-refractivity contribution in [3.63, 3.8) is 0 Å². The maximum absolute atomic E-state index is 14.2. The quantitative estimate of drug-likeness (QED) is 0.0660. The summed E-state index contributed by atoms with van der Waals surface area (Å²) in [7, 11) is 1.56. The Bertz CT molecular complexity index is 2550. The van der Waals surface area contributed by atoms with E-state index in [1.54, 1.807) is 42.4 Å². The fourth-order valence-electron chi connectivity index (χ4n) is 7.61. The van der Waals surface area contributed by atoms with Crippen LogP contribution in [0.3, 0.4) is 0 Å². The molecule has 6 aromatic rings. The van der Waals surface area contributed by atoms with Crippen molar-refractivity contribution >= 4 is 33.8 Å². The molecule has 0 saturated carbocycles. The number of rotatable bonds is 8. The lowest BCUT2D eigenvalue weighted by Gasteiger charge is -2.46. The molecule has 6 rings (SSSR count). The highest BCUT2D eigenvalue weighted by Crippen LogP contribution is 2.41. The van der Waals surface area contributed by atoms with Gasteiger partial charge in [-0.05, 0) is 24.3 Å². The zero-order chi connectivity index (χ0) is 56.0. The van der Waals surface area contributed by atoms with Gasteiger partial charge in [0, 0.05) is 5.56 Å². The molecule has 4 nitrogen and oxygen atoms in total. The van der Waals surface area contributed by atoms with Gasteiger partial charge in [0.25, 0.3) is 0 Å². The van der Waals surface area contributed by atoms with Crippen molar-refractivity contribution in [3.8, 4) is 5.88 Å². The summed E-state index contributed by atoms with van der Waals surface area (Å²) in [6, 6.07) is 0.378. The summed E-state index contributed by atoms with van der Waals surface area (Å²) in [4.78, 5) is 15.9. The fourth-order valence-corrected chi connectivity index (χ4v) is 7.61. The highest BCUT2D eigenvalue weighted by atomic mass is 19.4. The molecule has 0 unspecified atom stereocenters. The van der Waals surface area contributed by atoms with Crippen molar-refractivity contribution < 1.29 is 119 Å². The molecule has 398 valence electrons. The van der Waals surface area contributed by atoms with Crippen LogP contribution in [-0.4, -0.2) is 24.0 Å². The minimum absolute atomic E-state index is 0.0418. The standard InChI is InChI=1S/C32H12BF24.C13H13N2O2/c34-25(35,36)13-1-14(26(37,38)39)6-21(5-13)33(22-7-15(27(40,41)42)2-16(8-22)28(43,44)45,23-9-17(29(46,47)48)3-18(10-23)30(49,50)51)24-11-19(31(52,53)54)4-20(12-24)32(55,56)57;1-17-13-9-14-7-8-15(13)10-12(16)11-5-3-2-4-6-11/h1-12H;2-9H,10H2,1H3/q-1;+1. The number of benzene rings is 5. The van der Waals surface area contributed by atoms with Gasteiger partial charge in [-0.1, -0.05) is 78.9 Å². The van der Waals surface area contributed by atoms with Crippen molar-refractivity contribution in [3.05, 3.63) is 172 Å². The number of carbonyl (C=O) groups excluding carboxylic acids is 1. The van der Waals surface area contributed by atoms with E-state index < -0.39 is 195 Å². The van der Waals surface area contributed by atoms with Gasteiger partial charge in [0.2, 0.25) is 12.3 Å². The SMILES string of the molecule is COc1cncc[n+]1CC(=O)c1ccccc1.FC(F)(F)c1cc([B-](c2cc(C(F)(F)F)cc(C(F)(F)F)c2)(c2cc(C(F)(F)F)cc(C(F)(F)F)c2)c2cc(C(F)(F)F)cc(C(F)(F)F)c2)cc(C(F)(F)F)c1. The average molecular weight is 1090 g/mol. The topological polar surface area (TPSA) is 43.1 Å². The number of nitrogens with zero attached hydrogens (tertiary/aromatic N) is 2. The van der Waals surface area contributed by atoms with Gasteiger partial charge in [0.1, 0.15) is 12.3 Å². The number of aromatic nitrogens is 2. The number of hydrogen-bond acceptors (Lipinski definition) is 3. The Morgan fingerprint density at radius 1 is 0.432 bits per heavy atom. The minimum Gasteiger partial charge on any atom is -0.447 e. The van der Waals surface area contributed by atoms with E-state index in [4.69, 9.17) is 4.74 Å². The van der Waals surface area contributed by atoms with Crippen LogP contribution in [0.1, 0.15) is 54.9 Å². The first-order chi connectivity index (χ1) is 33.6. The van der Waals surface area contributed by atoms with E-state index in [1.165, 1.54) is 0 Å². The molecule has 1 heterocycles. The smallest absolute Gasteiger partial charge is 0.416 e. The normalized spacial score (nSPS) is 13.3. The second-order valence-corrected chi connectivity index (χ2v) is 15.8. The van der Waals surface area contributed by atoms with Crippen molar-refractivity contribution in [2.45, 2.75) is 56.0 Å². The lowest BCUT2D eigenvalue weighted by atomic mass is 9.12. The van der Waals surface area contributed by atoms with Gasteiger partial charge in [0.15, 0.2) is 6.20 Å². The van der Waals surface area contributed by atoms with Crippen LogP contribution in [0.2, 0.25) is 0 Å². The molecule has 29 heteroatoms. The van der Waals surface area contributed by atoms with Crippen molar-refractivity contribution in [1.82, 2.24) is 4.98 Å². The molecular weight excluding hydrogens is 1070 g/mol. The van der Waals surface area contributed by atoms with E-state index in [9.17, 15) is 110 Å². The molecule has 0 aliphatic heterocycles. The van der Waals surface area contributed by atoms with Gasteiger partial charge < -0.3 is 4.74 Å². The lowest BCUT2D eigenvalue weighted by Crippen LogP contribution is -2.75. The summed E-state index contributed by atoms with van der Waals surface area (Å²) in [5, 5.41) is 0. The highest BCUT2D eigenvalue weighted by Gasteiger charge is 2.47. The number of alkyl halides is 24. The number of carbonyl (C=O) groups is 1. The van der Waals surface area contributed by atoms with Gasteiger partial charge >= 0.3 is 55.3 Å². The first-order valence-corrected chi connectivity index (χ1v) is 19.9. The van der Waals surface area contributed by atoms with Crippen LogP contribution in [0.25, 0.3) is 0 Å². The number of ketones is 1. The molecule has 0 spiro atoms. The van der Waals surface area contributed by atoms with Crippen molar-refractivity contribution in [1.29, 1.82) is 0 Å². The third-order valence-corrected chi connectivity index (χ3v) is 10.9. The number of methoxy groups -OCH3 is 1. The Hall–Kier alpha value is -6.97. The van der Waals surface area contributed by atoms with Crippen LogP contribution in [0.5, 0.6) is 5.88 Å². The molecule has 0 aliphatic rings. The van der Waals surface area contributed by atoms with Gasteiger partial charge in [-0.15, -0.1) is 0 Å². The first-order valence-electron chi connectivity index (χ1n) is 19.9. The molecule has 74 heavy (non-hydrogen) atoms. The maximum atomic E-state index is 14.2. The predicted octanol–water partition coefficient (Wildman–Crippen LogP) is 12.5. The highest BCUT2D eigenvalue weighted by molar-refractivity contribution is 7.20. The molecule has 5 aromatic carbocycles. The van der Waals surface area contributed by atoms with Gasteiger partial charge in [-0.3, -0.25) is 4.79 Å². The fraction of sp³-hybridized carbons (Fsp3) is 0.222. The van der Waals surface area contributed by atoms with E-state index in [0.29, 0.717) is 11.4 Å². The summed E-state index contributed by atoms with van der Waals surface area (Å²) in [6.45, 7) is 0.246. The Morgan fingerprint density at radius 2 is 0.689 bits per heavy atom. The zero-order valence-corrected chi connectivity index (χ0v) is 36.1. The van der Waals surface area contributed by atoms with Crippen LogP contribution >= 0.6 is 0 Å². The van der Waals surface area contributed by atoms with E-state index in [0.717, 1.165) is 0 Å². The van der Waals surface area contributed by atoms with Gasteiger partial charge in [-0.25, -0.2) is 4.98 Å². The minimum atomic E-state index is -6.13. The van der Waals surface area contributed by atoms with E-state index in [-0.39, 0.29) is 12.3 Å². The summed E-state index contributed by atoms with van der Waals surface area (Å²) in [5.41, 5.74) is -29.5. The average Bonchev–Trinajstić information content (AvgIpc) is 3.27. The molecule has 0 radical (unpaired) electrons. The molecule has 0 aliphatic carbocycles. The summed E-state index contributed by atoms with van der Waals surface area (Å²) >= 11 is 0. The van der Waals surface area contributed by atoms with Crippen LogP contribution in [0, 0.1) is 0 Å². The molecule has 1 aromatic heterocycles.